The average molecular weight is 584 g/mol. The number of benzene rings is 2. The molecule has 1 saturated heterocycles. The molecule has 1 fully saturated rings. The largest absolute Gasteiger partial charge is 0.412 e. The number of fused-ring (bicyclic) bond motifs is 1. The summed E-state index contributed by atoms with van der Waals surface area (Å²) < 4.78 is 7.61. The fraction of sp³-hybridized carbons (Fsp3) is 0.452. The number of amides is 3. The van der Waals surface area contributed by atoms with Crippen LogP contribution in [0.3, 0.4) is 0 Å². The number of carbonyl (C=O) groups is 3. The quantitative estimate of drug-likeness (QED) is 0.302. The lowest BCUT2D eigenvalue weighted by Gasteiger charge is -2.45. The first-order valence-corrected chi connectivity index (χ1v) is 13.8. The van der Waals surface area contributed by atoms with Gasteiger partial charge in [0.2, 0.25) is 17.7 Å². The van der Waals surface area contributed by atoms with Crippen molar-refractivity contribution in [1.82, 2.24) is 25.2 Å². The summed E-state index contributed by atoms with van der Waals surface area (Å²) in [6.07, 6.45) is 3.97. The summed E-state index contributed by atoms with van der Waals surface area (Å²) >= 11 is 0. The van der Waals surface area contributed by atoms with E-state index in [1.807, 2.05) is 74.9 Å². The Morgan fingerprint density at radius 2 is 1.76 bits per heavy atom. The van der Waals surface area contributed by atoms with E-state index in [0.29, 0.717) is 25.8 Å². The van der Waals surface area contributed by atoms with Gasteiger partial charge in [0.05, 0.1) is 11.0 Å². The van der Waals surface area contributed by atoms with E-state index in [2.05, 4.69) is 16.0 Å². The number of aromatic amines is 1. The minimum Gasteiger partial charge on any atom is -0.412 e. The zero-order valence-corrected chi connectivity index (χ0v) is 25.2. The number of para-hydroxylation sites is 1. The summed E-state index contributed by atoms with van der Waals surface area (Å²) in [6.45, 7) is 3.95. The van der Waals surface area contributed by atoms with Crippen molar-refractivity contribution in [2.45, 2.75) is 51.1 Å². The van der Waals surface area contributed by atoms with Crippen LogP contribution >= 0.6 is 0 Å². The maximum Gasteiger partial charge on any atom is 0.245 e. The topological polar surface area (TPSA) is 178 Å². The van der Waals surface area contributed by atoms with Crippen LogP contribution < -0.4 is 11.0 Å². The third-order valence-corrected chi connectivity index (χ3v) is 7.89. The molecule has 0 aliphatic carbocycles. The van der Waals surface area contributed by atoms with Gasteiger partial charge < -0.3 is 31.9 Å². The molecule has 3 amide bonds. The fourth-order valence-electron chi connectivity index (χ4n) is 5.51. The predicted molar refractivity (Wildman–Crippen MR) is 164 cm³/mol. The number of carbonyl (C=O) groups excluding carboxylic acids is 3. The molecule has 2 atom stereocenters. The number of H-pyrrole nitrogens is 1. The lowest BCUT2D eigenvalue weighted by molar-refractivity contribution is -0.159. The van der Waals surface area contributed by atoms with Crippen LogP contribution in [0, 0.1) is 5.41 Å². The Hall–Kier alpha value is -3.77. The van der Waals surface area contributed by atoms with E-state index in [1.165, 1.54) is 0 Å². The van der Waals surface area contributed by atoms with Crippen LogP contribution in [0.15, 0.2) is 60.8 Å². The van der Waals surface area contributed by atoms with E-state index >= 15 is 0 Å². The number of hydrogen-bond donors (Lipinski definition) is 3. The summed E-state index contributed by atoms with van der Waals surface area (Å²) in [6, 6.07) is 16.9. The Morgan fingerprint density at radius 3 is 2.43 bits per heavy atom. The SMILES string of the molecule is O.O.[2H]NC(C)(C)C(=O)N[C@@H](Cc1c[nH]c2ccccc12)C(=O)N1CCC[C@](Cc2ccccc2)(C(=O)N(C)N(C)C)C1. The summed E-state index contributed by atoms with van der Waals surface area (Å²) in [5.74, 6) is -0.718. The number of hydrazine groups is 1. The van der Waals surface area contributed by atoms with Gasteiger partial charge in [0.15, 0.2) is 0 Å². The fourth-order valence-corrected chi connectivity index (χ4v) is 5.51. The highest BCUT2D eigenvalue weighted by Crippen LogP contribution is 2.36. The second-order valence-electron chi connectivity index (χ2n) is 11.7. The number of piperidine rings is 1. The van der Waals surface area contributed by atoms with Crippen molar-refractivity contribution in [3.8, 4) is 0 Å². The molecule has 2 aromatic carbocycles. The Bertz CT molecular complexity index is 1380. The number of aromatic nitrogens is 1. The van der Waals surface area contributed by atoms with E-state index in [0.717, 1.165) is 22.0 Å². The molecule has 1 aromatic heterocycles. The van der Waals surface area contributed by atoms with Gasteiger partial charge in [-0.25, -0.2) is 5.01 Å². The second kappa shape index (κ2) is 13.9. The summed E-state index contributed by atoms with van der Waals surface area (Å²) in [5, 5.41) is 7.28. The number of nitrogens with one attached hydrogen (secondary N) is 2. The van der Waals surface area contributed by atoms with Crippen LogP contribution in [0.25, 0.3) is 10.9 Å². The van der Waals surface area contributed by atoms with Gasteiger partial charge in [0, 0.05) is 57.8 Å². The van der Waals surface area contributed by atoms with E-state index < -0.39 is 22.9 Å². The average Bonchev–Trinajstić information content (AvgIpc) is 3.38. The van der Waals surface area contributed by atoms with Crippen LogP contribution in [0.2, 0.25) is 1.41 Å². The zero-order valence-electron chi connectivity index (χ0n) is 26.2. The second-order valence-corrected chi connectivity index (χ2v) is 11.7. The van der Waals surface area contributed by atoms with Gasteiger partial charge in [-0.15, -0.1) is 0 Å². The van der Waals surface area contributed by atoms with Crippen molar-refractivity contribution in [3.05, 3.63) is 71.9 Å². The highest BCUT2D eigenvalue weighted by Gasteiger charge is 2.46. The summed E-state index contributed by atoms with van der Waals surface area (Å²) in [4.78, 5) is 46.5. The van der Waals surface area contributed by atoms with Crippen molar-refractivity contribution >= 4 is 28.6 Å². The number of rotatable bonds is 10. The molecule has 0 unspecified atom stereocenters. The molecule has 8 N–H and O–H groups in total. The molecule has 0 bridgehead atoms. The molecule has 2 heterocycles. The van der Waals surface area contributed by atoms with Crippen LogP contribution in [0.4, 0.5) is 0 Å². The monoisotopic (exact) mass is 583 g/mol. The van der Waals surface area contributed by atoms with Crippen LogP contribution in [-0.2, 0) is 27.2 Å². The third kappa shape index (κ3) is 7.54. The molecular formula is C31H46N6O5. The molecular weight excluding hydrogens is 536 g/mol. The Balaban J connectivity index is 0.00000323. The van der Waals surface area contributed by atoms with Crippen molar-refractivity contribution in [2.24, 2.45) is 11.1 Å². The normalized spacial score (nSPS) is 18.0. The number of nitrogens with zero attached hydrogens (tertiary/aromatic N) is 3. The van der Waals surface area contributed by atoms with E-state index in [4.69, 9.17) is 1.41 Å². The highest BCUT2D eigenvalue weighted by molar-refractivity contribution is 5.93. The maximum atomic E-state index is 14.3. The zero-order chi connectivity index (χ0) is 29.8. The lowest BCUT2D eigenvalue weighted by atomic mass is 9.74. The minimum absolute atomic E-state index is 0. The molecule has 11 nitrogen and oxygen atoms in total. The van der Waals surface area contributed by atoms with Crippen LogP contribution in [0.5, 0.6) is 0 Å². The van der Waals surface area contributed by atoms with Gasteiger partial charge in [-0.3, -0.25) is 19.4 Å². The highest BCUT2D eigenvalue weighted by atomic mass is 16.2. The van der Waals surface area contributed by atoms with Crippen LogP contribution in [0.1, 0.15) is 37.8 Å². The van der Waals surface area contributed by atoms with Crippen molar-refractivity contribution in [1.29, 1.82) is 0 Å². The van der Waals surface area contributed by atoms with Gasteiger partial charge in [0.25, 0.3) is 0 Å². The van der Waals surface area contributed by atoms with Crippen molar-refractivity contribution in [3.63, 3.8) is 0 Å². The van der Waals surface area contributed by atoms with Gasteiger partial charge >= 0.3 is 0 Å². The number of likely N-dealkylation sites (tertiary alicyclic amines) is 1. The number of nitrogens with two attached hydrogens (primary N) is 1. The maximum absolute atomic E-state index is 14.3. The molecule has 11 heteroatoms. The standard InChI is InChI=1S/C31H42N6O3.2H2O/c1-30(2,32)28(39)34-26(18-23-20-33-25-15-10-9-14-24(23)25)27(38)37-17-11-16-31(21-37,29(40)36(5)35(3)4)19-22-12-7-6-8-13-22;;/h6-10,12-15,20,26,33H,11,16-19,21,32H2,1-5H3,(H,34,39);2*1H2/t26-,31+;;/m0../s1/i/hD. The van der Waals surface area contributed by atoms with Crippen molar-refractivity contribution in [2.75, 3.05) is 34.2 Å². The van der Waals surface area contributed by atoms with Crippen molar-refractivity contribution < 1.29 is 26.7 Å². The molecule has 230 valence electrons. The van der Waals surface area contributed by atoms with Gasteiger partial charge in [0.1, 0.15) is 7.45 Å². The third-order valence-electron chi connectivity index (χ3n) is 7.89. The van der Waals surface area contributed by atoms with E-state index in [9.17, 15) is 14.4 Å². The minimum atomic E-state index is -1.19. The summed E-state index contributed by atoms with van der Waals surface area (Å²) in [7, 11) is 5.41. The lowest BCUT2D eigenvalue weighted by Crippen LogP contribution is -2.61. The number of hydrogen-bond acceptors (Lipinski definition) is 5. The molecule has 0 spiro atoms. The van der Waals surface area contributed by atoms with Gasteiger partial charge in [-0.1, -0.05) is 48.5 Å². The molecule has 1 aliphatic rings. The molecule has 4 rings (SSSR count). The first-order chi connectivity index (χ1) is 19.5. The Labute approximate surface area is 249 Å². The molecule has 42 heavy (non-hydrogen) atoms. The van der Waals surface area contributed by atoms with E-state index in [1.54, 1.807) is 35.8 Å². The Morgan fingerprint density at radius 1 is 1.10 bits per heavy atom. The van der Waals surface area contributed by atoms with E-state index in [-0.39, 0.29) is 35.7 Å². The first kappa shape index (κ1) is 32.7. The molecule has 3 aromatic rings. The molecule has 0 saturated carbocycles. The predicted octanol–water partition coefficient (Wildman–Crippen LogP) is 1.07. The summed E-state index contributed by atoms with van der Waals surface area (Å²) in [5.41, 5.74) is 3.17. The Kier molecular flexibility index (Phi) is 10.9. The molecule has 1 aliphatic heterocycles. The van der Waals surface area contributed by atoms with Gasteiger partial charge in [-0.05, 0) is 50.3 Å². The smallest absolute Gasteiger partial charge is 0.245 e. The first-order valence-electron chi connectivity index (χ1n) is 14.3. The van der Waals surface area contributed by atoms with Crippen LogP contribution in [-0.4, -0.2) is 94.4 Å². The molecule has 0 radical (unpaired) electrons. The van der Waals surface area contributed by atoms with Gasteiger partial charge in [-0.2, -0.15) is 0 Å².